The van der Waals surface area contributed by atoms with Gasteiger partial charge in [0, 0.05) is 13.1 Å². The first kappa shape index (κ1) is 19.3. The summed E-state index contributed by atoms with van der Waals surface area (Å²) in [6.07, 6.45) is 2.65. The highest BCUT2D eigenvalue weighted by atomic mass is 79.9. The van der Waals surface area contributed by atoms with Crippen LogP contribution in [0.5, 0.6) is 0 Å². The van der Waals surface area contributed by atoms with Crippen molar-refractivity contribution >= 4 is 22.9 Å². The number of aliphatic imine (C=N–C) groups is 1. The van der Waals surface area contributed by atoms with Crippen LogP contribution >= 0.6 is 17.0 Å². The third-order valence-corrected chi connectivity index (χ3v) is 3.30. The van der Waals surface area contributed by atoms with Gasteiger partial charge in [0.15, 0.2) is 5.96 Å². The SMILES string of the molecule is Br.CN(CCCNC(N)=NCc1ccco1)Cc1ccccc1. The Morgan fingerprint density at radius 1 is 1.22 bits per heavy atom. The zero-order valence-electron chi connectivity index (χ0n) is 13.4. The van der Waals surface area contributed by atoms with Crippen LogP contribution in [0.2, 0.25) is 0 Å². The summed E-state index contributed by atoms with van der Waals surface area (Å²) in [6, 6.07) is 14.2. The van der Waals surface area contributed by atoms with Crippen molar-refractivity contribution in [2.45, 2.75) is 19.5 Å². The number of guanidine groups is 1. The van der Waals surface area contributed by atoms with Crippen molar-refractivity contribution in [1.29, 1.82) is 0 Å². The van der Waals surface area contributed by atoms with E-state index < -0.39 is 0 Å². The molecule has 0 saturated carbocycles. The van der Waals surface area contributed by atoms with Crippen molar-refractivity contribution in [1.82, 2.24) is 10.2 Å². The standard InChI is InChI=1S/C17H24N4O.BrH/c1-21(14-15-7-3-2-4-8-15)11-6-10-19-17(18)20-13-16-9-5-12-22-16;/h2-5,7-9,12H,6,10-11,13-14H2,1H3,(H3,18,19,20);1H. The summed E-state index contributed by atoms with van der Waals surface area (Å²) < 4.78 is 5.20. The number of nitrogens with one attached hydrogen (secondary N) is 1. The molecule has 0 aliphatic carbocycles. The van der Waals surface area contributed by atoms with Gasteiger partial charge in [0.1, 0.15) is 12.3 Å². The Morgan fingerprint density at radius 2 is 2.00 bits per heavy atom. The predicted molar refractivity (Wildman–Crippen MR) is 99.8 cm³/mol. The van der Waals surface area contributed by atoms with Gasteiger partial charge in [0.05, 0.1) is 6.26 Å². The van der Waals surface area contributed by atoms with Gasteiger partial charge in [0.2, 0.25) is 0 Å². The van der Waals surface area contributed by atoms with Gasteiger partial charge >= 0.3 is 0 Å². The summed E-state index contributed by atoms with van der Waals surface area (Å²) in [5.74, 6) is 1.27. The van der Waals surface area contributed by atoms with Gasteiger partial charge in [-0.2, -0.15) is 0 Å². The monoisotopic (exact) mass is 380 g/mol. The average Bonchev–Trinajstić information content (AvgIpc) is 3.04. The van der Waals surface area contributed by atoms with Crippen LogP contribution in [0.4, 0.5) is 0 Å². The van der Waals surface area contributed by atoms with E-state index in [1.807, 2.05) is 18.2 Å². The fraction of sp³-hybridized carbons (Fsp3) is 0.353. The van der Waals surface area contributed by atoms with E-state index >= 15 is 0 Å². The third kappa shape index (κ3) is 7.85. The first-order valence-corrected chi connectivity index (χ1v) is 7.52. The van der Waals surface area contributed by atoms with Crippen LogP contribution in [0.25, 0.3) is 0 Å². The highest BCUT2D eigenvalue weighted by Gasteiger charge is 2.00. The molecule has 1 heterocycles. The Balaban J connectivity index is 0.00000264. The maximum atomic E-state index is 5.81. The molecule has 6 heteroatoms. The summed E-state index contributed by atoms with van der Waals surface area (Å²) in [5.41, 5.74) is 7.15. The van der Waals surface area contributed by atoms with Crippen LogP contribution in [0, 0.1) is 0 Å². The molecule has 2 aromatic rings. The smallest absolute Gasteiger partial charge is 0.189 e. The molecule has 0 spiro atoms. The number of hydrogen-bond acceptors (Lipinski definition) is 3. The number of rotatable bonds is 8. The molecule has 0 bridgehead atoms. The minimum absolute atomic E-state index is 0. The van der Waals surface area contributed by atoms with Gasteiger partial charge in [-0.15, -0.1) is 17.0 Å². The molecule has 0 atom stereocenters. The summed E-state index contributed by atoms with van der Waals surface area (Å²) in [5, 5.41) is 3.12. The first-order valence-electron chi connectivity index (χ1n) is 7.52. The summed E-state index contributed by atoms with van der Waals surface area (Å²) in [6.45, 7) is 3.25. The third-order valence-electron chi connectivity index (χ3n) is 3.30. The second-order valence-electron chi connectivity index (χ2n) is 5.28. The predicted octanol–water partition coefficient (Wildman–Crippen LogP) is 2.78. The summed E-state index contributed by atoms with van der Waals surface area (Å²) in [7, 11) is 2.13. The zero-order chi connectivity index (χ0) is 15.6. The second-order valence-corrected chi connectivity index (χ2v) is 5.28. The van der Waals surface area contributed by atoms with Crippen molar-refractivity contribution in [2.75, 3.05) is 20.1 Å². The number of nitrogens with zero attached hydrogens (tertiary/aromatic N) is 2. The fourth-order valence-electron chi connectivity index (χ4n) is 2.16. The van der Waals surface area contributed by atoms with Gasteiger partial charge in [0.25, 0.3) is 0 Å². The number of furan rings is 1. The molecule has 0 fully saturated rings. The molecular formula is C17H25BrN4O. The highest BCUT2D eigenvalue weighted by molar-refractivity contribution is 8.93. The Kier molecular flexibility index (Phi) is 9.09. The van der Waals surface area contributed by atoms with E-state index in [1.54, 1.807) is 6.26 Å². The van der Waals surface area contributed by atoms with E-state index in [9.17, 15) is 0 Å². The molecule has 126 valence electrons. The molecule has 0 amide bonds. The average molecular weight is 381 g/mol. The molecule has 0 radical (unpaired) electrons. The molecule has 0 aliphatic rings. The Morgan fingerprint density at radius 3 is 2.70 bits per heavy atom. The van der Waals surface area contributed by atoms with E-state index in [0.29, 0.717) is 12.5 Å². The van der Waals surface area contributed by atoms with Crippen LogP contribution in [-0.4, -0.2) is 31.0 Å². The van der Waals surface area contributed by atoms with E-state index in [-0.39, 0.29) is 17.0 Å². The van der Waals surface area contributed by atoms with Gasteiger partial charge in [-0.25, -0.2) is 4.99 Å². The van der Waals surface area contributed by atoms with E-state index in [4.69, 9.17) is 10.2 Å². The van der Waals surface area contributed by atoms with E-state index in [1.165, 1.54) is 5.56 Å². The second kappa shape index (κ2) is 10.9. The molecule has 0 unspecified atom stereocenters. The van der Waals surface area contributed by atoms with Crippen LogP contribution in [0.15, 0.2) is 58.1 Å². The van der Waals surface area contributed by atoms with E-state index in [0.717, 1.165) is 31.8 Å². The maximum absolute atomic E-state index is 5.81. The fourth-order valence-corrected chi connectivity index (χ4v) is 2.16. The molecule has 2 rings (SSSR count). The Bertz CT molecular complexity index is 557. The van der Waals surface area contributed by atoms with Crippen LogP contribution in [-0.2, 0) is 13.1 Å². The molecule has 0 saturated heterocycles. The summed E-state index contributed by atoms with van der Waals surface area (Å²) >= 11 is 0. The molecule has 23 heavy (non-hydrogen) atoms. The molecule has 5 nitrogen and oxygen atoms in total. The lowest BCUT2D eigenvalue weighted by Gasteiger charge is -2.16. The lowest BCUT2D eigenvalue weighted by Crippen LogP contribution is -2.34. The molecule has 0 aliphatic heterocycles. The molecule has 1 aromatic carbocycles. The van der Waals surface area contributed by atoms with Crippen molar-refractivity contribution in [3.8, 4) is 0 Å². The molecule has 1 aromatic heterocycles. The molecular weight excluding hydrogens is 356 g/mol. The van der Waals surface area contributed by atoms with Gasteiger partial charge in [-0.05, 0) is 37.7 Å². The van der Waals surface area contributed by atoms with Gasteiger partial charge in [-0.3, -0.25) is 0 Å². The first-order chi connectivity index (χ1) is 10.7. The van der Waals surface area contributed by atoms with Crippen molar-refractivity contribution in [3.05, 3.63) is 60.1 Å². The lowest BCUT2D eigenvalue weighted by atomic mass is 10.2. The molecule has 3 N–H and O–H groups in total. The normalized spacial score (nSPS) is 11.3. The minimum Gasteiger partial charge on any atom is -0.467 e. The van der Waals surface area contributed by atoms with Gasteiger partial charge < -0.3 is 20.4 Å². The Labute approximate surface area is 148 Å². The lowest BCUT2D eigenvalue weighted by molar-refractivity contribution is 0.322. The van der Waals surface area contributed by atoms with Crippen molar-refractivity contribution in [3.63, 3.8) is 0 Å². The Hall–Kier alpha value is -1.79. The largest absolute Gasteiger partial charge is 0.467 e. The van der Waals surface area contributed by atoms with Crippen molar-refractivity contribution in [2.24, 2.45) is 10.7 Å². The van der Waals surface area contributed by atoms with E-state index in [2.05, 4.69) is 46.5 Å². The van der Waals surface area contributed by atoms with Crippen LogP contribution in [0.1, 0.15) is 17.7 Å². The summed E-state index contributed by atoms with van der Waals surface area (Å²) in [4.78, 5) is 6.53. The maximum Gasteiger partial charge on any atom is 0.189 e. The minimum atomic E-state index is 0. The number of nitrogens with two attached hydrogens (primary N) is 1. The van der Waals surface area contributed by atoms with Gasteiger partial charge in [-0.1, -0.05) is 30.3 Å². The van der Waals surface area contributed by atoms with Crippen LogP contribution in [0.3, 0.4) is 0 Å². The van der Waals surface area contributed by atoms with Crippen LogP contribution < -0.4 is 11.1 Å². The quantitative estimate of drug-likeness (QED) is 0.419. The number of benzene rings is 1. The van der Waals surface area contributed by atoms with Crippen molar-refractivity contribution < 1.29 is 4.42 Å². The number of halogens is 1. The number of hydrogen-bond donors (Lipinski definition) is 2. The topological polar surface area (TPSA) is 66.8 Å². The highest BCUT2D eigenvalue weighted by Crippen LogP contribution is 2.03. The zero-order valence-corrected chi connectivity index (χ0v) is 15.2.